The fourth-order valence-corrected chi connectivity index (χ4v) is 7.70. The van der Waals surface area contributed by atoms with Crippen LogP contribution < -0.4 is 4.31 Å². The summed E-state index contributed by atoms with van der Waals surface area (Å²) in [7, 11) is -3.86. The van der Waals surface area contributed by atoms with Crippen LogP contribution in [0.5, 0.6) is 0 Å². The number of nitrogens with zero attached hydrogens (tertiary/aromatic N) is 2. The van der Waals surface area contributed by atoms with E-state index in [-0.39, 0.29) is 15.3 Å². The minimum absolute atomic E-state index is 0.111. The summed E-state index contributed by atoms with van der Waals surface area (Å²) in [6.07, 6.45) is 4.34. The number of benzene rings is 2. The Morgan fingerprint density at radius 2 is 1.83 bits per heavy atom. The Morgan fingerprint density at radius 1 is 1.14 bits per heavy atom. The van der Waals surface area contributed by atoms with E-state index >= 15 is 0 Å². The first-order chi connectivity index (χ1) is 17.1. The number of aromatic nitrogens is 1. The lowest BCUT2D eigenvalue weighted by Gasteiger charge is -2.42. The first-order valence-electron chi connectivity index (χ1n) is 12.1. The van der Waals surface area contributed by atoms with Crippen LogP contribution in [0.1, 0.15) is 51.7 Å². The highest BCUT2D eigenvalue weighted by Crippen LogP contribution is 2.38. The van der Waals surface area contributed by atoms with Crippen LogP contribution in [0, 0.1) is 12.3 Å². The fraction of sp³-hybridized carbons (Fsp3) is 0.407. The average molecular weight is 527 g/mol. The molecule has 2 aromatic carbocycles. The van der Waals surface area contributed by atoms with Crippen molar-refractivity contribution < 1.29 is 23.1 Å². The molecule has 1 saturated heterocycles. The van der Waals surface area contributed by atoms with E-state index in [9.17, 15) is 18.3 Å². The van der Waals surface area contributed by atoms with Gasteiger partial charge in [-0.3, -0.25) is 4.31 Å². The molecule has 0 atom stereocenters. The second-order valence-electron chi connectivity index (χ2n) is 10.2. The molecular weight excluding hydrogens is 496 g/mol. The van der Waals surface area contributed by atoms with Gasteiger partial charge in [0.1, 0.15) is 0 Å². The first kappa shape index (κ1) is 24.9. The third-order valence-electron chi connectivity index (χ3n) is 6.98. The van der Waals surface area contributed by atoms with E-state index in [1.807, 2.05) is 12.1 Å². The highest BCUT2D eigenvalue weighted by Gasteiger charge is 2.41. The van der Waals surface area contributed by atoms with E-state index in [1.165, 1.54) is 11.1 Å². The highest BCUT2D eigenvalue weighted by molar-refractivity contribution is 7.94. The summed E-state index contributed by atoms with van der Waals surface area (Å²) in [4.78, 5) is 15.5. The number of carboxylic acids is 1. The monoisotopic (exact) mass is 526 g/mol. The number of fused-ring (bicyclic) bond motifs is 1. The largest absolute Gasteiger partial charge is 0.478 e. The van der Waals surface area contributed by atoms with Gasteiger partial charge in [-0.15, -0.1) is 11.3 Å². The normalized spacial score (nSPS) is 16.4. The molecule has 1 N–H and O–H groups in total. The van der Waals surface area contributed by atoms with Crippen LogP contribution in [0.2, 0.25) is 0 Å². The predicted molar refractivity (Wildman–Crippen MR) is 140 cm³/mol. The van der Waals surface area contributed by atoms with Crippen LogP contribution in [0.3, 0.4) is 0 Å². The van der Waals surface area contributed by atoms with Gasteiger partial charge in [0.05, 0.1) is 24.5 Å². The third-order valence-corrected chi connectivity index (χ3v) is 10.1. The molecule has 190 valence electrons. The lowest BCUT2D eigenvalue weighted by atomic mass is 9.88. The van der Waals surface area contributed by atoms with Crippen molar-refractivity contribution in [2.24, 2.45) is 5.41 Å². The molecule has 36 heavy (non-hydrogen) atoms. The van der Waals surface area contributed by atoms with Crippen molar-refractivity contribution in [3.05, 3.63) is 75.3 Å². The summed E-state index contributed by atoms with van der Waals surface area (Å²) in [5.41, 5.74) is 5.90. The molecule has 7 nitrogen and oxygen atoms in total. The number of thiazole rings is 1. The Hall–Kier alpha value is -2.75. The van der Waals surface area contributed by atoms with Gasteiger partial charge < -0.3 is 9.84 Å². The van der Waals surface area contributed by atoms with E-state index in [2.05, 4.69) is 24.0 Å². The minimum Gasteiger partial charge on any atom is -0.478 e. The minimum atomic E-state index is -3.86. The number of anilines is 1. The SMILES string of the molecule is Cc1csc(S(=O)(=O)N(CC2(C)COC2)c2cc3c(cc2CCc2ccc(C(=O)O)cc2)CCC3)n1. The quantitative estimate of drug-likeness (QED) is 0.436. The number of aromatic carboxylic acids is 1. The summed E-state index contributed by atoms with van der Waals surface area (Å²) >= 11 is 1.16. The zero-order valence-electron chi connectivity index (χ0n) is 20.5. The Morgan fingerprint density at radius 3 is 2.42 bits per heavy atom. The number of hydrogen-bond acceptors (Lipinski definition) is 6. The van der Waals surface area contributed by atoms with Gasteiger partial charge in [-0.1, -0.05) is 25.1 Å². The molecule has 3 aromatic rings. The molecule has 1 aliphatic heterocycles. The van der Waals surface area contributed by atoms with Crippen molar-refractivity contribution >= 4 is 33.0 Å². The Bertz CT molecular complexity index is 1390. The standard InChI is InChI=1S/C27H30N2O5S2/c1-18-14-35-26(28-18)36(32,33)29(15-27(2)16-34-17-27)24-13-22-5-3-4-21(22)12-23(24)11-8-19-6-9-20(10-7-19)25(30)31/h6-7,9-10,12-14H,3-5,8,11,15-17H2,1-2H3,(H,30,31). The fourth-order valence-electron chi connectivity index (χ4n) is 4.92. The van der Waals surface area contributed by atoms with Crippen LogP contribution in [0.4, 0.5) is 5.69 Å². The lowest BCUT2D eigenvalue weighted by Crippen LogP contribution is -2.50. The van der Waals surface area contributed by atoms with E-state index in [4.69, 9.17) is 4.74 Å². The zero-order valence-corrected chi connectivity index (χ0v) is 22.1. The molecule has 0 saturated carbocycles. The van der Waals surface area contributed by atoms with Crippen molar-refractivity contribution in [1.82, 2.24) is 4.98 Å². The van der Waals surface area contributed by atoms with Gasteiger partial charge in [0.25, 0.3) is 10.0 Å². The van der Waals surface area contributed by atoms with Gasteiger partial charge >= 0.3 is 5.97 Å². The molecule has 1 fully saturated rings. The van der Waals surface area contributed by atoms with Crippen molar-refractivity contribution in [1.29, 1.82) is 0 Å². The number of carbonyl (C=O) groups is 1. The van der Waals surface area contributed by atoms with Crippen LogP contribution in [-0.2, 0) is 40.4 Å². The number of ether oxygens (including phenoxy) is 1. The molecule has 1 aromatic heterocycles. The number of carboxylic acid groups (broad SMARTS) is 1. The van der Waals surface area contributed by atoms with Crippen molar-refractivity contribution in [3.63, 3.8) is 0 Å². The van der Waals surface area contributed by atoms with Crippen molar-refractivity contribution in [3.8, 4) is 0 Å². The molecule has 5 rings (SSSR count). The number of aryl methyl sites for hydroxylation is 5. The maximum absolute atomic E-state index is 14.0. The summed E-state index contributed by atoms with van der Waals surface area (Å²) < 4.78 is 35.1. The average Bonchev–Trinajstić information content (AvgIpc) is 3.48. The maximum Gasteiger partial charge on any atom is 0.335 e. The van der Waals surface area contributed by atoms with Gasteiger partial charge in [0.15, 0.2) is 0 Å². The van der Waals surface area contributed by atoms with Crippen LogP contribution in [0.15, 0.2) is 46.1 Å². The number of rotatable bonds is 9. The van der Waals surface area contributed by atoms with E-state index in [1.54, 1.807) is 28.7 Å². The third kappa shape index (κ3) is 4.92. The van der Waals surface area contributed by atoms with Gasteiger partial charge in [0, 0.05) is 23.0 Å². The van der Waals surface area contributed by atoms with Crippen LogP contribution >= 0.6 is 11.3 Å². The first-order valence-corrected chi connectivity index (χ1v) is 14.5. The Labute approximate surface area is 215 Å². The second-order valence-corrected chi connectivity index (χ2v) is 13.1. The summed E-state index contributed by atoms with van der Waals surface area (Å²) in [5, 5.41) is 11.0. The highest BCUT2D eigenvalue weighted by atomic mass is 32.2. The molecule has 0 spiro atoms. The summed E-state index contributed by atoms with van der Waals surface area (Å²) in [6, 6.07) is 11.1. The smallest absolute Gasteiger partial charge is 0.335 e. The molecule has 1 aliphatic carbocycles. The Balaban J connectivity index is 1.54. The van der Waals surface area contributed by atoms with E-state index in [0.29, 0.717) is 38.3 Å². The molecule has 0 bridgehead atoms. The Kier molecular flexibility index (Phi) is 6.65. The van der Waals surface area contributed by atoms with E-state index < -0.39 is 16.0 Å². The molecule has 0 amide bonds. The molecule has 0 radical (unpaired) electrons. The molecule has 9 heteroatoms. The topological polar surface area (TPSA) is 96.8 Å². The summed E-state index contributed by atoms with van der Waals surface area (Å²) in [5.74, 6) is -0.950. The molecule has 2 aliphatic rings. The van der Waals surface area contributed by atoms with Crippen molar-refractivity contribution in [2.45, 2.75) is 50.3 Å². The lowest BCUT2D eigenvalue weighted by molar-refractivity contribution is -0.0940. The predicted octanol–water partition coefficient (Wildman–Crippen LogP) is 4.66. The van der Waals surface area contributed by atoms with Crippen LogP contribution in [-0.4, -0.2) is 44.2 Å². The number of sulfonamides is 1. The van der Waals surface area contributed by atoms with Gasteiger partial charge in [-0.25, -0.2) is 9.78 Å². The number of hydrogen-bond donors (Lipinski definition) is 1. The summed E-state index contributed by atoms with van der Waals surface area (Å²) in [6.45, 7) is 5.23. The van der Waals surface area contributed by atoms with Crippen LogP contribution in [0.25, 0.3) is 0 Å². The van der Waals surface area contributed by atoms with Gasteiger partial charge in [-0.05, 0) is 79.5 Å². The second kappa shape index (κ2) is 9.61. The molecule has 0 unspecified atom stereocenters. The van der Waals surface area contributed by atoms with E-state index in [0.717, 1.165) is 47.4 Å². The molecular formula is C27H30N2O5S2. The van der Waals surface area contributed by atoms with Crippen molar-refractivity contribution in [2.75, 3.05) is 24.1 Å². The molecule has 2 heterocycles. The van der Waals surface area contributed by atoms with Gasteiger partial charge in [0.2, 0.25) is 4.34 Å². The maximum atomic E-state index is 14.0. The zero-order chi connectivity index (χ0) is 25.5. The van der Waals surface area contributed by atoms with Gasteiger partial charge in [-0.2, -0.15) is 8.42 Å².